The van der Waals surface area contributed by atoms with E-state index in [9.17, 15) is 8.42 Å². The van der Waals surface area contributed by atoms with Crippen molar-refractivity contribution in [3.8, 4) is 0 Å². The van der Waals surface area contributed by atoms with E-state index in [1.165, 1.54) is 30.5 Å². The summed E-state index contributed by atoms with van der Waals surface area (Å²) in [6.45, 7) is 3.14. The highest BCUT2D eigenvalue weighted by Gasteiger charge is 2.21. The minimum atomic E-state index is -3.26. The van der Waals surface area contributed by atoms with Gasteiger partial charge in [0.05, 0.1) is 10.6 Å². The first kappa shape index (κ1) is 19.2. The predicted octanol–water partition coefficient (Wildman–Crippen LogP) is 4.13. The van der Waals surface area contributed by atoms with Gasteiger partial charge >= 0.3 is 0 Å². The molecule has 1 fully saturated rings. The van der Waals surface area contributed by atoms with Crippen molar-refractivity contribution in [2.45, 2.75) is 43.5 Å². The van der Waals surface area contributed by atoms with Gasteiger partial charge in [0.15, 0.2) is 9.84 Å². The van der Waals surface area contributed by atoms with E-state index in [1.54, 1.807) is 12.1 Å². The van der Waals surface area contributed by atoms with Gasteiger partial charge in [0, 0.05) is 23.7 Å². The van der Waals surface area contributed by atoms with Gasteiger partial charge in [-0.3, -0.25) is 0 Å². The quantitative estimate of drug-likeness (QED) is 0.682. The summed E-state index contributed by atoms with van der Waals surface area (Å²) in [6, 6.07) is 16.2. The van der Waals surface area contributed by atoms with Crippen LogP contribution in [0.1, 0.15) is 29.7 Å². The van der Waals surface area contributed by atoms with E-state index in [0.29, 0.717) is 17.4 Å². The summed E-state index contributed by atoms with van der Waals surface area (Å²) in [4.78, 5) is 6.37. The van der Waals surface area contributed by atoms with E-state index in [1.807, 2.05) is 25.1 Å². The second-order valence-electron chi connectivity index (χ2n) is 8.08. The van der Waals surface area contributed by atoms with Gasteiger partial charge in [-0.15, -0.1) is 0 Å². The minimum Gasteiger partial charge on any atom is -0.358 e. The fourth-order valence-electron chi connectivity index (χ4n) is 4.11. The van der Waals surface area contributed by atoms with Crippen LogP contribution in [0, 0.1) is 6.92 Å². The molecule has 1 aromatic heterocycles. The van der Waals surface area contributed by atoms with Gasteiger partial charge in [-0.1, -0.05) is 23.8 Å². The van der Waals surface area contributed by atoms with E-state index < -0.39 is 9.84 Å². The van der Waals surface area contributed by atoms with Crippen LogP contribution in [0.5, 0.6) is 0 Å². The Labute approximate surface area is 167 Å². The van der Waals surface area contributed by atoms with Gasteiger partial charge in [-0.25, -0.2) is 8.42 Å². The third kappa shape index (κ3) is 4.15. The number of rotatable bonds is 6. The number of likely N-dealkylation sites (tertiary alicyclic amines) is 1. The Morgan fingerprint density at radius 1 is 1.11 bits per heavy atom. The van der Waals surface area contributed by atoms with E-state index in [2.05, 4.69) is 35.1 Å². The number of nitrogens with zero attached hydrogens (tertiary/aromatic N) is 1. The second-order valence-corrected chi connectivity index (χ2v) is 10.2. The van der Waals surface area contributed by atoms with Crippen LogP contribution in [0.2, 0.25) is 0 Å². The number of likely N-dealkylation sites (N-methyl/N-ethyl adjacent to an activating group) is 1. The number of hydrogen-bond donors (Lipinski definition) is 1. The highest BCUT2D eigenvalue weighted by Crippen LogP contribution is 2.23. The number of benzene rings is 2. The zero-order valence-electron chi connectivity index (χ0n) is 16.6. The molecule has 1 saturated heterocycles. The van der Waals surface area contributed by atoms with Crippen LogP contribution in [0.15, 0.2) is 53.4 Å². The Bertz CT molecular complexity index is 1070. The number of nitrogens with one attached hydrogen (secondary N) is 1. The molecule has 148 valence electrons. The molecule has 28 heavy (non-hydrogen) atoms. The van der Waals surface area contributed by atoms with Gasteiger partial charge in [0.2, 0.25) is 0 Å². The highest BCUT2D eigenvalue weighted by molar-refractivity contribution is 7.91. The SMILES string of the molecule is Cc1ccc(S(=O)(=O)CCc2ccc3[nH]c(C[C@H]4CCCN4C)cc3c2)cc1. The molecule has 2 aromatic carbocycles. The Hall–Kier alpha value is -2.11. The molecule has 4 nitrogen and oxygen atoms in total. The smallest absolute Gasteiger partial charge is 0.178 e. The summed E-state index contributed by atoms with van der Waals surface area (Å²) < 4.78 is 25.2. The van der Waals surface area contributed by atoms with Crippen molar-refractivity contribution < 1.29 is 8.42 Å². The average Bonchev–Trinajstić information content (AvgIpc) is 3.26. The Balaban J connectivity index is 1.46. The van der Waals surface area contributed by atoms with E-state index in [4.69, 9.17) is 0 Å². The Morgan fingerprint density at radius 3 is 2.61 bits per heavy atom. The fourth-order valence-corrected chi connectivity index (χ4v) is 5.41. The van der Waals surface area contributed by atoms with Crippen molar-refractivity contribution in [3.63, 3.8) is 0 Å². The molecule has 0 spiro atoms. The van der Waals surface area contributed by atoms with Crippen LogP contribution in [0.4, 0.5) is 0 Å². The number of fused-ring (bicyclic) bond motifs is 1. The maximum absolute atomic E-state index is 12.6. The molecule has 0 radical (unpaired) electrons. The third-order valence-electron chi connectivity index (χ3n) is 5.91. The van der Waals surface area contributed by atoms with E-state index in [-0.39, 0.29) is 5.75 Å². The molecule has 0 bridgehead atoms. The molecule has 0 unspecified atom stereocenters. The molecule has 0 amide bonds. The normalized spacial score (nSPS) is 18.1. The van der Waals surface area contributed by atoms with Crippen molar-refractivity contribution in [3.05, 3.63) is 65.4 Å². The first-order chi connectivity index (χ1) is 13.4. The molecular weight excluding hydrogens is 368 g/mol. The number of aromatic nitrogens is 1. The van der Waals surface area contributed by atoms with Gasteiger partial charge in [-0.05, 0) is 81.1 Å². The standard InChI is InChI=1S/C23H28N2O2S/c1-17-5-8-22(9-6-17)28(26,27)13-11-18-7-10-23-19(14-18)15-20(24-23)16-21-4-3-12-25(21)2/h5-10,14-15,21,24H,3-4,11-13,16H2,1-2H3/t21-/m1/s1. The lowest BCUT2D eigenvalue weighted by atomic mass is 10.1. The molecule has 1 aliphatic rings. The fraction of sp³-hybridized carbons (Fsp3) is 0.391. The molecule has 1 atom stereocenters. The summed E-state index contributed by atoms with van der Waals surface area (Å²) in [5.74, 6) is 0.131. The van der Waals surface area contributed by atoms with Crippen molar-refractivity contribution in [1.82, 2.24) is 9.88 Å². The first-order valence-corrected chi connectivity index (χ1v) is 11.7. The minimum absolute atomic E-state index is 0.131. The van der Waals surface area contributed by atoms with Crippen molar-refractivity contribution in [2.24, 2.45) is 0 Å². The van der Waals surface area contributed by atoms with E-state index in [0.717, 1.165) is 23.1 Å². The molecule has 2 heterocycles. The van der Waals surface area contributed by atoms with Gasteiger partial charge in [0.1, 0.15) is 0 Å². The van der Waals surface area contributed by atoms with Crippen LogP contribution in [-0.2, 0) is 22.7 Å². The molecule has 3 aromatic rings. The summed E-state index contributed by atoms with van der Waals surface area (Å²) in [6.07, 6.45) is 4.11. The maximum atomic E-state index is 12.6. The lowest BCUT2D eigenvalue weighted by Gasteiger charge is -2.18. The number of sulfone groups is 1. The van der Waals surface area contributed by atoms with Crippen LogP contribution in [0.3, 0.4) is 0 Å². The zero-order chi connectivity index (χ0) is 19.7. The lowest BCUT2D eigenvalue weighted by molar-refractivity contribution is 0.308. The zero-order valence-corrected chi connectivity index (χ0v) is 17.4. The molecular formula is C23H28N2O2S. The first-order valence-electron chi connectivity index (χ1n) is 10.0. The van der Waals surface area contributed by atoms with Crippen LogP contribution in [-0.4, -0.2) is 43.7 Å². The molecule has 0 saturated carbocycles. The van der Waals surface area contributed by atoms with Crippen molar-refractivity contribution in [2.75, 3.05) is 19.3 Å². The summed E-state index contributed by atoms with van der Waals surface area (Å²) in [7, 11) is -1.06. The molecule has 5 heteroatoms. The molecule has 1 N–H and O–H groups in total. The molecule has 4 rings (SSSR count). The Morgan fingerprint density at radius 2 is 1.89 bits per heavy atom. The number of hydrogen-bond acceptors (Lipinski definition) is 3. The molecule has 1 aliphatic heterocycles. The average molecular weight is 397 g/mol. The summed E-state index contributed by atoms with van der Waals surface area (Å²) in [5.41, 5.74) is 4.52. The summed E-state index contributed by atoms with van der Waals surface area (Å²) in [5, 5.41) is 1.17. The highest BCUT2D eigenvalue weighted by atomic mass is 32.2. The largest absolute Gasteiger partial charge is 0.358 e. The second kappa shape index (κ2) is 7.72. The van der Waals surface area contributed by atoms with Crippen molar-refractivity contribution >= 4 is 20.7 Å². The van der Waals surface area contributed by atoms with Gasteiger partial charge < -0.3 is 9.88 Å². The van der Waals surface area contributed by atoms with Gasteiger partial charge in [0.25, 0.3) is 0 Å². The molecule has 0 aliphatic carbocycles. The lowest BCUT2D eigenvalue weighted by Crippen LogP contribution is -2.26. The number of H-pyrrole nitrogens is 1. The monoisotopic (exact) mass is 396 g/mol. The third-order valence-corrected chi connectivity index (χ3v) is 7.64. The van der Waals surface area contributed by atoms with E-state index >= 15 is 0 Å². The topological polar surface area (TPSA) is 53.2 Å². The predicted molar refractivity (Wildman–Crippen MR) is 115 cm³/mol. The number of aromatic amines is 1. The maximum Gasteiger partial charge on any atom is 0.178 e. The Kier molecular flexibility index (Phi) is 5.30. The van der Waals surface area contributed by atoms with Crippen LogP contribution in [0.25, 0.3) is 10.9 Å². The van der Waals surface area contributed by atoms with Crippen LogP contribution >= 0.6 is 0 Å². The summed E-state index contributed by atoms with van der Waals surface area (Å²) >= 11 is 0. The number of aryl methyl sites for hydroxylation is 2. The van der Waals surface area contributed by atoms with Crippen molar-refractivity contribution in [1.29, 1.82) is 0 Å². The van der Waals surface area contributed by atoms with Gasteiger partial charge in [-0.2, -0.15) is 0 Å². The van der Waals surface area contributed by atoms with Crippen LogP contribution < -0.4 is 0 Å².